The van der Waals surface area contributed by atoms with Gasteiger partial charge in [-0.1, -0.05) is 36.4 Å². The minimum atomic E-state index is 0.0572. The van der Waals surface area contributed by atoms with Gasteiger partial charge in [-0.3, -0.25) is 9.89 Å². The zero-order chi connectivity index (χ0) is 17.2. The highest BCUT2D eigenvalue weighted by atomic mass is 16.2. The second-order valence-electron chi connectivity index (χ2n) is 6.41. The molecule has 1 aromatic heterocycles. The standard InChI is InChI=1S/C20H20N4O/c21-16-11-12-24(13-16)20(25)15-8-5-14(6-9-15)7-10-19-17-3-1-2-4-18(17)22-23-19/h1-10,16H,11-13,21H2,(H,22,23)/t16-/m1/s1. The van der Waals surface area contributed by atoms with E-state index in [2.05, 4.69) is 10.2 Å². The zero-order valence-electron chi connectivity index (χ0n) is 13.9. The average molecular weight is 332 g/mol. The molecule has 1 saturated heterocycles. The lowest BCUT2D eigenvalue weighted by atomic mass is 10.1. The summed E-state index contributed by atoms with van der Waals surface area (Å²) in [5.41, 5.74) is 9.54. The minimum absolute atomic E-state index is 0.0572. The fourth-order valence-corrected chi connectivity index (χ4v) is 3.18. The molecule has 0 spiro atoms. The summed E-state index contributed by atoms with van der Waals surface area (Å²) < 4.78 is 0. The Morgan fingerprint density at radius 1 is 1.16 bits per heavy atom. The molecule has 1 amide bonds. The summed E-state index contributed by atoms with van der Waals surface area (Å²) in [6, 6.07) is 15.8. The molecule has 25 heavy (non-hydrogen) atoms. The monoisotopic (exact) mass is 332 g/mol. The van der Waals surface area contributed by atoms with Gasteiger partial charge in [0.15, 0.2) is 0 Å². The second-order valence-corrected chi connectivity index (χ2v) is 6.41. The predicted molar refractivity (Wildman–Crippen MR) is 100.0 cm³/mol. The van der Waals surface area contributed by atoms with E-state index in [-0.39, 0.29) is 11.9 Å². The van der Waals surface area contributed by atoms with Crippen LogP contribution in [0.1, 0.15) is 28.0 Å². The summed E-state index contributed by atoms with van der Waals surface area (Å²) in [7, 11) is 0. The van der Waals surface area contributed by atoms with E-state index in [1.807, 2.05) is 65.6 Å². The van der Waals surface area contributed by atoms with E-state index < -0.39 is 0 Å². The summed E-state index contributed by atoms with van der Waals surface area (Å²) >= 11 is 0. The van der Waals surface area contributed by atoms with Crippen LogP contribution in [0.2, 0.25) is 0 Å². The Morgan fingerprint density at radius 3 is 2.72 bits per heavy atom. The number of aromatic nitrogens is 2. The van der Waals surface area contributed by atoms with Crippen LogP contribution in [-0.2, 0) is 0 Å². The number of para-hydroxylation sites is 1. The molecule has 1 aliphatic heterocycles. The van der Waals surface area contributed by atoms with Gasteiger partial charge in [0, 0.05) is 30.1 Å². The first-order chi connectivity index (χ1) is 12.2. The van der Waals surface area contributed by atoms with Gasteiger partial charge in [-0.05, 0) is 36.3 Å². The molecule has 3 aromatic rings. The third kappa shape index (κ3) is 3.19. The molecule has 0 saturated carbocycles. The summed E-state index contributed by atoms with van der Waals surface area (Å²) in [5.74, 6) is 0.0572. The van der Waals surface area contributed by atoms with Crippen molar-refractivity contribution in [1.82, 2.24) is 15.1 Å². The molecule has 4 rings (SSSR count). The van der Waals surface area contributed by atoms with E-state index in [1.165, 1.54) is 0 Å². The van der Waals surface area contributed by atoms with E-state index in [9.17, 15) is 4.79 Å². The molecule has 1 aliphatic rings. The Hall–Kier alpha value is -2.92. The maximum atomic E-state index is 12.4. The summed E-state index contributed by atoms with van der Waals surface area (Å²) in [4.78, 5) is 14.3. The normalized spacial score (nSPS) is 17.6. The number of rotatable bonds is 3. The van der Waals surface area contributed by atoms with Gasteiger partial charge in [0.2, 0.25) is 0 Å². The second kappa shape index (κ2) is 6.53. The number of nitrogens with two attached hydrogens (primary N) is 1. The molecular formula is C20H20N4O. The van der Waals surface area contributed by atoms with Crippen LogP contribution in [0.4, 0.5) is 0 Å². The number of nitrogens with one attached hydrogen (secondary N) is 1. The minimum Gasteiger partial charge on any atom is -0.337 e. The Morgan fingerprint density at radius 2 is 1.96 bits per heavy atom. The molecule has 5 heteroatoms. The highest BCUT2D eigenvalue weighted by Crippen LogP contribution is 2.18. The maximum absolute atomic E-state index is 12.4. The maximum Gasteiger partial charge on any atom is 0.253 e. The SMILES string of the molecule is N[C@@H]1CCN(C(=O)c2ccc(C=Cc3n[nH]c4ccccc34)cc2)C1. The molecule has 2 aromatic carbocycles. The van der Waals surface area contributed by atoms with Gasteiger partial charge in [0.1, 0.15) is 0 Å². The number of benzene rings is 2. The Labute approximate surface area is 146 Å². The quantitative estimate of drug-likeness (QED) is 0.774. The first kappa shape index (κ1) is 15.6. The van der Waals surface area contributed by atoms with Crippen LogP contribution < -0.4 is 5.73 Å². The Balaban J connectivity index is 1.49. The van der Waals surface area contributed by atoms with Gasteiger partial charge < -0.3 is 10.6 Å². The molecular weight excluding hydrogens is 312 g/mol. The van der Waals surface area contributed by atoms with E-state index in [1.54, 1.807) is 0 Å². The van der Waals surface area contributed by atoms with E-state index in [4.69, 9.17) is 5.73 Å². The van der Waals surface area contributed by atoms with Crippen LogP contribution in [0.5, 0.6) is 0 Å². The Bertz CT molecular complexity index is 926. The first-order valence-corrected chi connectivity index (χ1v) is 8.47. The van der Waals surface area contributed by atoms with Crippen LogP contribution in [0.25, 0.3) is 23.1 Å². The van der Waals surface area contributed by atoms with Crippen molar-refractivity contribution in [2.75, 3.05) is 13.1 Å². The number of H-pyrrole nitrogens is 1. The number of hydrogen-bond acceptors (Lipinski definition) is 3. The largest absolute Gasteiger partial charge is 0.337 e. The summed E-state index contributed by atoms with van der Waals surface area (Å²) in [6.45, 7) is 1.39. The molecule has 5 nitrogen and oxygen atoms in total. The molecule has 1 atom stereocenters. The number of amides is 1. The van der Waals surface area contributed by atoms with Crippen molar-refractivity contribution in [3.8, 4) is 0 Å². The van der Waals surface area contributed by atoms with E-state index in [0.717, 1.165) is 35.1 Å². The van der Waals surface area contributed by atoms with Gasteiger partial charge in [0.25, 0.3) is 5.91 Å². The molecule has 0 unspecified atom stereocenters. The molecule has 2 heterocycles. The molecule has 126 valence electrons. The number of hydrogen-bond donors (Lipinski definition) is 2. The molecule has 3 N–H and O–H groups in total. The van der Waals surface area contributed by atoms with Gasteiger partial charge in [0.05, 0.1) is 11.2 Å². The van der Waals surface area contributed by atoms with Gasteiger partial charge in [-0.25, -0.2) is 0 Å². The highest BCUT2D eigenvalue weighted by Gasteiger charge is 2.24. The number of carbonyl (C=O) groups excluding carboxylic acids is 1. The van der Waals surface area contributed by atoms with Gasteiger partial charge in [-0.2, -0.15) is 5.10 Å². The zero-order valence-corrected chi connectivity index (χ0v) is 13.9. The number of nitrogens with zero attached hydrogens (tertiary/aromatic N) is 2. The van der Waals surface area contributed by atoms with Crippen molar-refractivity contribution in [2.45, 2.75) is 12.5 Å². The van der Waals surface area contributed by atoms with Crippen LogP contribution >= 0.6 is 0 Å². The first-order valence-electron chi connectivity index (χ1n) is 8.47. The predicted octanol–water partition coefficient (Wildman–Crippen LogP) is 2.91. The van der Waals surface area contributed by atoms with Crippen molar-refractivity contribution in [1.29, 1.82) is 0 Å². The van der Waals surface area contributed by atoms with Crippen LogP contribution in [0, 0.1) is 0 Å². The molecule has 0 radical (unpaired) electrons. The fourth-order valence-electron chi connectivity index (χ4n) is 3.18. The number of carbonyl (C=O) groups is 1. The third-order valence-corrected chi connectivity index (χ3v) is 4.60. The lowest BCUT2D eigenvalue weighted by molar-refractivity contribution is 0.0791. The molecule has 0 aliphatic carbocycles. The summed E-state index contributed by atoms with van der Waals surface area (Å²) in [6.07, 6.45) is 4.86. The topological polar surface area (TPSA) is 75.0 Å². The van der Waals surface area contributed by atoms with Crippen LogP contribution in [0.15, 0.2) is 48.5 Å². The number of likely N-dealkylation sites (tertiary alicyclic amines) is 1. The smallest absolute Gasteiger partial charge is 0.253 e. The number of fused-ring (bicyclic) bond motifs is 1. The van der Waals surface area contributed by atoms with Crippen LogP contribution in [0.3, 0.4) is 0 Å². The van der Waals surface area contributed by atoms with Crippen molar-refractivity contribution in [2.24, 2.45) is 5.73 Å². The third-order valence-electron chi connectivity index (χ3n) is 4.60. The van der Waals surface area contributed by atoms with Crippen LogP contribution in [-0.4, -0.2) is 40.1 Å². The average Bonchev–Trinajstić information content (AvgIpc) is 3.26. The summed E-state index contributed by atoms with van der Waals surface area (Å²) in [5, 5.41) is 8.45. The van der Waals surface area contributed by atoms with Crippen molar-refractivity contribution in [3.05, 3.63) is 65.4 Å². The van der Waals surface area contributed by atoms with E-state index in [0.29, 0.717) is 12.1 Å². The number of aromatic amines is 1. The van der Waals surface area contributed by atoms with E-state index >= 15 is 0 Å². The van der Waals surface area contributed by atoms with Crippen molar-refractivity contribution < 1.29 is 4.79 Å². The highest BCUT2D eigenvalue weighted by molar-refractivity contribution is 5.95. The lowest BCUT2D eigenvalue weighted by Crippen LogP contribution is -2.31. The Kier molecular flexibility index (Phi) is 4.07. The fraction of sp³-hybridized carbons (Fsp3) is 0.200. The van der Waals surface area contributed by atoms with Gasteiger partial charge in [-0.15, -0.1) is 0 Å². The van der Waals surface area contributed by atoms with Gasteiger partial charge >= 0.3 is 0 Å². The van der Waals surface area contributed by atoms with Crippen molar-refractivity contribution >= 4 is 29.0 Å². The molecule has 1 fully saturated rings. The lowest BCUT2D eigenvalue weighted by Gasteiger charge is -2.15. The van der Waals surface area contributed by atoms with Crippen molar-refractivity contribution in [3.63, 3.8) is 0 Å². The molecule has 0 bridgehead atoms.